The Morgan fingerprint density at radius 1 is 1.09 bits per heavy atom. The molecule has 8 heteroatoms. The van der Waals surface area contributed by atoms with E-state index in [9.17, 15) is 18.0 Å². The summed E-state index contributed by atoms with van der Waals surface area (Å²) in [5, 5.41) is 2.58. The maximum absolute atomic E-state index is 13.0. The van der Waals surface area contributed by atoms with Gasteiger partial charge in [0.2, 0.25) is 0 Å². The van der Waals surface area contributed by atoms with Gasteiger partial charge >= 0.3 is 6.18 Å². The van der Waals surface area contributed by atoms with E-state index in [1.165, 1.54) is 30.3 Å². The molecular weight excluding hydrogens is 453 g/mol. The van der Waals surface area contributed by atoms with Gasteiger partial charge in [0.15, 0.2) is 0 Å². The first-order chi connectivity index (χ1) is 10.2. The topological polar surface area (TPSA) is 29.1 Å². The van der Waals surface area contributed by atoms with Crippen LogP contribution in [0, 0.1) is 3.57 Å². The third kappa shape index (κ3) is 4.05. The molecule has 116 valence electrons. The monoisotopic (exact) mass is 459 g/mol. The molecule has 2 rings (SSSR count). The molecule has 0 fully saturated rings. The van der Waals surface area contributed by atoms with Crippen molar-refractivity contribution in [2.45, 2.75) is 6.18 Å². The van der Waals surface area contributed by atoms with Crippen LogP contribution in [-0.2, 0) is 6.18 Å². The Kier molecular flexibility index (Phi) is 5.24. The van der Waals surface area contributed by atoms with Gasteiger partial charge in [-0.25, -0.2) is 0 Å². The van der Waals surface area contributed by atoms with E-state index in [1.807, 2.05) is 0 Å². The van der Waals surface area contributed by atoms with Crippen molar-refractivity contribution in [2.75, 3.05) is 5.32 Å². The molecule has 0 heterocycles. The summed E-state index contributed by atoms with van der Waals surface area (Å²) in [6.07, 6.45) is -4.58. The predicted molar refractivity (Wildman–Crippen MR) is 88.6 cm³/mol. The molecule has 0 aliphatic heterocycles. The second kappa shape index (κ2) is 6.64. The number of carbonyl (C=O) groups is 1. The van der Waals surface area contributed by atoms with Crippen molar-refractivity contribution in [3.05, 3.63) is 61.1 Å². The summed E-state index contributed by atoms with van der Waals surface area (Å²) in [5.74, 6) is -0.765. The molecule has 0 spiro atoms. The van der Waals surface area contributed by atoms with Crippen LogP contribution in [0.5, 0.6) is 0 Å². The maximum Gasteiger partial charge on any atom is 0.418 e. The normalized spacial score (nSPS) is 11.4. The summed E-state index contributed by atoms with van der Waals surface area (Å²) in [6.45, 7) is 0. The summed E-state index contributed by atoms with van der Waals surface area (Å²) < 4.78 is 39.5. The van der Waals surface area contributed by atoms with Crippen LogP contribution < -0.4 is 5.32 Å². The molecule has 0 aromatic heterocycles. The summed E-state index contributed by atoms with van der Waals surface area (Å²) in [5.41, 5.74) is -1.26. The lowest BCUT2D eigenvalue weighted by Gasteiger charge is -2.14. The highest BCUT2D eigenvalue weighted by Gasteiger charge is 2.34. The van der Waals surface area contributed by atoms with E-state index >= 15 is 0 Å². The molecule has 0 aliphatic rings. The largest absolute Gasteiger partial charge is 0.418 e. The smallest absolute Gasteiger partial charge is 0.321 e. The van der Waals surface area contributed by atoms with Crippen molar-refractivity contribution in [1.29, 1.82) is 0 Å². The molecule has 0 saturated heterocycles. The Labute approximate surface area is 147 Å². The molecule has 2 aromatic carbocycles. The first-order valence-electron chi connectivity index (χ1n) is 5.81. The molecule has 0 saturated carbocycles. The molecule has 0 aliphatic carbocycles. The number of hydrogen-bond donors (Lipinski definition) is 1. The number of carbonyl (C=O) groups excluding carboxylic acids is 1. The van der Waals surface area contributed by atoms with Gasteiger partial charge in [-0.05, 0) is 59.0 Å². The zero-order chi connectivity index (χ0) is 16.5. The number of benzene rings is 2. The standard InChI is InChI=1S/C14H7Cl2F3INO/c15-7-1-3-11(16)9(5-7)13(22)21-12-4-2-8(20)6-10(12)14(17,18)19/h1-6H,(H,21,22). The van der Waals surface area contributed by atoms with Crippen LogP contribution in [0.15, 0.2) is 36.4 Å². The van der Waals surface area contributed by atoms with Crippen molar-refractivity contribution in [1.82, 2.24) is 0 Å². The first kappa shape index (κ1) is 17.4. The van der Waals surface area contributed by atoms with Gasteiger partial charge < -0.3 is 5.32 Å². The molecular formula is C14H7Cl2F3INO. The molecule has 0 atom stereocenters. The molecule has 1 amide bonds. The van der Waals surface area contributed by atoms with E-state index in [1.54, 1.807) is 22.6 Å². The van der Waals surface area contributed by atoms with E-state index < -0.39 is 17.6 Å². The van der Waals surface area contributed by atoms with Crippen LogP contribution in [0.25, 0.3) is 0 Å². The number of amides is 1. The van der Waals surface area contributed by atoms with Crippen molar-refractivity contribution in [3.8, 4) is 0 Å². The van der Waals surface area contributed by atoms with E-state index in [4.69, 9.17) is 23.2 Å². The Morgan fingerprint density at radius 2 is 1.77 bits per heavy atom. The van der Waals surface area contributed by atoms with Crippen LogP contribution in [0.1, 0.15) is 15.9 Å². The summed E-state index contributed by atoms with van der Waals surface area (Å²) in [4.78, 5) is 12.1. The Morgan fingerprint density at radius 3 is 2.41 bits per heavy atom. The molecule has 0 bridgehead atoms. The van der Waals surface area contributed by atoms with E-state index in [-0.39, 0.29) is 21.3 Å². The lowest BCUT2D eigenvalue weighted by molar-refractivity contribution is -0.137. The van der Waals surface area contributed by atoms with Gasteiger partial charge in [-0.3, -0.25) is 4.79 Å². The lowest BCUT2D eigenvalue weighted by atomic mass is 10.1. The predicted octanol–water partition coefficient (Wildman–Crippen LogP) is 5.87. The SMILES string of the molecule is O=C(Nc1ccc(I)cc1C(F)(F)F)c1cc(Cl)ccc1Cl. The highest BCUT2D eigenvalue weighted by atomic mass is 127. The minimum Gasteiger partial charge on any atom is -0.321 e. The minimum absolute atomic E-state index is 0.000779. The number of rotatable bonds is 2. The van der Waals surface area contributed by atoms with Crippen LogP contribution in [-0.4, -0.2) is 5.91 Å². The fraction of sp³-hybridized carbons (Fsp3) is 0.0714. The summed E-state index contributed by atoms with van der Waals surface area (Å²) >= 11 is 13.4. The van der Waals surface area contributed by atoms with Gasteiger partial charge in [0.1, 0.15) is 0 Å². The molecule has 0 radical (unpaired) electrons. The van der Waals surface area contributed by atoms with E-state index in [0.29, 0.717) is 3.57 Å². The number of hydrogen-bond acceptors (Lipinski definition) is 1. The molecule has 2 aromatic rings. The van der Waals surface area contributed by atoms with Crippen molar-refractivity contribution >= 4 is 57.4 Å². The lowest BCUT2D eigenvalue weighted by Crippen LogP contribution is -2.17. The van der Waals surface area contributed by atoms with Gasteiger partial charge in [-0.1, -0.05) is 23.2 Å². The van der Waals surface area contributed by atoms with Gasteiger partial charge in [0.05, 0.1) is 21.8 Å². The second-order valence-corrected chi connectivity index (χ2v) is 6.36. The van der Waals surface area contributed by atoms with Crippen LogP contribution >= 0.6 is 45.8 Å². The van der Waals surface area contributed by atoms with Crippen molar-refractivity contribution < 1.29 is 18.0 Å². The highest BCUT2D eigenvalue weighted by molar-refractivity contribution is 14.1. The minimum atomic E-state index is -4.58. The van der Waals surface area contributed by atoms with E-state index in [0.717, 1.165) is 6.07 Å². The van der Waals surface area contributed by atoms with Crippen molar-refractivity contribution in [2.24, 2.45) is 0 Å². The second-order valence-electron chi connectivity index (χ2n) is 4.27. The quantitative estimate of drug-likeness (QED) is 0.559. The highest BCUT2D eigenvalue weighted by Crippen LogP contribution is 2.36. The number of halogens is 6. The average molecular weight is 460 g/mol. The van der Waals surface area contributed by atoms with Gasteiger partial charge in [0.25, 0.3) is 5.91 Å². The Bertz CT molecular complexity index is 735. The zero-order valence-corrected chi connectivity index (χ0v) is 14.3. The van der Waals surface area contributed by atoms with Gasteiger partial charge in [-0.15, -0.1) is 0 Å². The zero-order valence-electron chi connectivity index (χ0n) is 10.6. The average Bonchev–Trinajstić information content (AvgIpc) is 2.42. The fourth-order valence-corrected chi connectivity index (χ4v) is 2.59. The number of alkyl halides is 3. The summed E-state index contributed by atoms with van der Waals surface area (Å²) in [7, 11) is 0. The Hall–Kier alpha value is -0.990. The van der Waals surface area contributed by atoms with Crippen molar-refractivity contribution in [3.63, 3.8) is 0 Å². The Balaban J connectivity index is 2.39. The van der Waals surface area contributed by atoms with Crippen LogP contribution in [0.2, 0.25) is 10.0 Å². The van der Waals surface area contributed by atoms with Gasteiger partial charge in [-0.2, -0.15) is 13.2 Å². The molecule has 0 unspecified atom stereocenters. The third-order valence-corrected chi connectivity index (χ3v) is 3.94. The summed E-state index contributed by atoms with van der Waals surface area (Å²) in [6, 6.07) is 7.78. The van der Waals surface area contributed by atoms with Crippen LogP contribution in [0.4, 0.5) is 18.9 Å². The van der Waals surface area contributed by atoms with Gasteiger partial charge in [0, 0.05) is 8.59 Å². The number of nitrogens with one attached hydrogen (secondary N) is 1. The fourth-order valence-electron chi connectivity index (χ4n) is 1.72. The van der Waals surface area contributed by atoms with Crippen LogP contribution in [0.3, 0.4) is 0 Å². The van der Waals surface area contributed by atoms with E-state index in [2.05, 4.69) is 5.32 Å². The number of anilines is 1. The molecule has 1 N–H and O–H groups in total. The third-order valence-electron chi connectivity index (χ3n) is 2.71. The molecule has 22 heavy (non-hydrogen) atoms. The first-order valence-corrected chi connectivity index (χ1v) is 7.65. The molecule has 2 nitrogen and oxygen atoms in total. The maximum atomic E-state index is 13.0.